The minimum atomic E-state index is -0.868. The third-order valence-electron chi connectivity index (χ3n) is 3.27. The third kappa shape index (κ3) is 3.09. The molecule has 0 saturated heterocycles. The van der Waals surface area contributed by atoms with Crippen molar-refractivity contribution in [2.45, 2.75) is 6.42 Å². The lowest BCUT2D eigenvalue weighted by molar-refractivity contribution is -0.136. The van der Waals surface area contributed by atoms with Crippen LogP contribution in [0.2, 0.25) is 0 Å². The van der Waals surface area contributed by atoms with Gasteiger partial charge in [0.2, 0.25) is 0 Å². The normalized spacial score (nSPS) is 10.6. The fraction of sp³-hybridized carbons (Fsp3) is 0.0588. The SMILES string of the molecule is O=C(O)Cc1cn(-c2ccc(Br)cc2)nc1-c1ccccc1. The van der Waals surface area contributed by atoms with Gasteiger partial charge in [0.25, 0.3) is 0 Å². The number of nitrogens with zero attached hydrogens (tertiary/aromatic N) is 2. The van der Waals surface area contributed by atoms with Crippen molar-refractivity contribution in [3.8, 4) is 16.9 Å². The molecule has 110 valence electrons. The molecule has 22 heavy (non-hydrogen) atoms. The van der Waals surface area contributed by atoms with E-state index in [0.29, 0.717) is 11.3 Å². The molecule has 3 aromatic rings. The second-order valence-corrected chi connectivity index (χ2v) is 5.78. The summed E-state index contributed by atoms with van der Waals surface area (Å²) in [5, 5.41) is 13.7. The number of hydrogen-bond acceptors (Lipinski definition) is 2. The zero-order valence-corrected chi connectivity index (χ0v) is 13.2. The lowest BCUT2D eigenvalue weighted by Crippen LogP contribution is -2.00. The van der Waals surface area contributed by atoms with Crippen molar-refractivity contribution in [1.82, 2.24) is 9.78 Å². The van der Waals surface area contributed by atoms with Crippen molar-refractivity contribution in [1.29, 1.82) is 0 Å². The van der Waals surface area contributed by atoms with E-state index < -0.39 is 5.97 Å². The molecule has 2 aromatic carbocycles. The largest absolute Gasteiger partial charge is 0.481 e. The first-order valence-corrected chi connectivity index (χ1v) is 7.54. The molecule has 4 nitrogen and oxygen atoms in total. The Kier molecular flexibility index (Phi) is 4.06. The van der Waals surface area contributed by atoms with Crippen LogP contribution in [0, 0.1) is 0 Å². The smallest absolute Gasteiger partial charge is 0.307 e. The number of aliphatic carboxylic acids is 1. The van der Waals surface area contributed by atoms with Gasteiger partial charge in [-0.2, -0.15) is 5.10 Å². The quantitative estimate of drug-likeness (QED) is 0.770. The molecule has 0 fully saturated rings. The van der Waals surface area contributed by atoms with Crippen LogP contribution < -0.4 is 0 Å². The molecule has 0 aliphatic rings. The minimum absolute atomic E-state index is 0.0548. The predicted octanol–water partition coefficient (Wildman–Crippen LogP) is 3.93. The molecule has 5 heteroatoms. The standard InChI is InChI=1S/C17H13BrN2O2/c18-14-6-8-15(9-7-14)20-11-13(10-16(21)22)17(19-20)12-4-2-1-3-5-12/h1-9,11H,10H2,(H,21,22). The zero-order valence-electron chi connectivity index (χ0n) is 11.6. The van der Waals surface area contributed by atoms with E-state index in [1.165, 1.54) is 0 Å². The van der Waals surface area contributed by atoms with Crippen LogP contribution in [0.3, 0.4) is 0 Å². The Labute approximate surface area is 136 Å². The molecule has 3 rings (SSSR count). The first kappa shape index (κ1) is 14.5. The van der Waals surface area contributed by atoms with Crippen molar-refractivity contribution >= 4 is 21.9 Å². The molecule has 0 bridgehead atoms. The first-order valence-electron chi connectivity index (χ1n) is 6.75. The van der Waals surface area contributed by atoms with Gasteiger partial charge in [-0.3, -0.25) is 4.79 Å². The number of halogens is 1. The van der Waals surface area contributed by atoms with Crippen LogP contribution in [0.5, 0.6) is 0 Å². The van der Waals surface area contributed by atoms with Gasteiger partial charge in [0.1, 0.15) is 0 Å². The maximum atomic E-state index is 11.1. The van der Waals surface area contributed by atoms with Crippen molar-refractivity contribution in [3.05, 3.63) is 70.8 Å². The number of aromatic nitrogens is 2. The molecule has 1 N–H and O–H groups in total. The number of carbonyl (C=O) groups is 1. The molecule has 0 aliphatic heterocycles. The average molecular weight is 357 g/mol. The summed E-state index contributed by atoms with van der Waals surface area (Å²) in [6, 6.07) is 17.3. The molecule has 0 radical (unpaired) electrons. The lowest BCUT2D eigenvalue weighted by atomic mass is 10.1. The topological polar surface area (TPSA) is 55.1 Å². The predicted molar refractivity (Wildman–Crippen MR) is 88.0 cm³/mol. The van der Waals surface area contributed by atoms with Gasteiger partial charge in [0, 0.05) is 21.8 Å². The van der Waals surface area contributed by atoms with Crippen molar-refractivity contribution in [2.24, 2.45) is 0 Å². The third-order valence-corrected chi connectivity index (χ3v) is 3.80. The Morgan fingerprint density at radius 3 is 2.41 bits per heavy atom. The monoisotopic (exact) mass is 356 g/mol. The highest BCUT2D eigenvalue weighted by atomic mass is 79.9. The van der Waals surface area contributed by atoms with Crippen molar-refractivity contribution in [2.75, 3.05) is 0 Å². The Morgan fingerprint density at radius 1 is 1.09 bits per heavy atom. The minimum Gasteiger partial charge on any atom is -0.481 e. The molecule has 1 aromatic heterocycles. The van der Waals surface area contributed by atoms with Gasteiger partial charge in [-0.1, -0.05) is 46.3 Å². The van der Waals surface area contributed by atoms with Crippen molar-refractivity contribution < 1.29 is 9.90 Å². The van der Waals surface area contributed by atoms with Crippen LogP contribution in [0.25, 0.3) is 16.9 Å². The fourth-order valence-electron chi connectivity index (χ4n) is 2.27. The van der Waals surface area contributed by atoms with E-state index in [9.17, 15) is 4.79 Å². The highest BCUT2D eigenvalue weighted by molar-refractivity contribution is 9.10. The van der Waals surface area contributed by atoms with E-state index in [4.69, 9.17) is 5.11 Å². The maximum absolute atomic E-state index is 11.1. The molecule has 1 heterocycles. The number of benzene rings is 2. The second-order valence-electron chi connectivity index (χ2n) is 4.86. The summed E-state index contributed by atoms with van der Waals surface area (Å²) in [6.45, 7) is 0. The van der Waals surface area contributed by atoms with E-state index in [2.05, 4.69) is 21.0 Å². The molecule has 0 saturated carbocycles. The number of hydrogen-bond donors (Lipinski definition) is 1. The van der Waals surface area contributed by atoms with Crippen LogP contribution >= 0.6 is 15.9 Å². The van der Waals surface area contributed by atoms with E-state index >= 15 is 0 Å². The maximum Gasteiger partial charge on any atom is 0.307 e. The summed E-state index contributed by atoms with van der Waals surface area (Å²) >= 11 is 3.40. The molecule has 0 unspecified atom stereocenters. The summed E-state index contributed by atoms with van der Waals surface area (Å²) in [7, 11) is 0. The Hall–Kier alpha value is -2.40. The van der Waals surface area contributed by atoms with Gasteiger partial charge < -0.3 is 5.11 Å². The van der Waals surface area contributed by atoms with Crippen LogP contribution in [0.4, 0.5) is 0 Å². The van der Waals surface area contributed by atoms with Crippen LogP contribution in [-0.4, -0.2) is 20.9 Å². The lowest BCUT2D eigenvalue weighted by Gasteiger charge is -2.01. The van der Waals surface area contributed by atoms with Gasteiger partial charge in [-0.05, 0) is 24.3 Å². The number of carboxylic acid groups (broad SMARTS) is 1. The van der Waals surface area contributed by atoms with Gasteiger partial charge >= 0.3 is 5.97 Å². The molecular formula is C17H13BrN2O2. The van der Waals surface area contributed by atoms with Crippen LogP contribution in [-0.2, 0) is 11.2 Å². The Bertz CT molecular complexity index is 795. The highest BCUT2D eigenvalue weighted by Gasteiger charge is 2.14. The van der Waals surface area contributed by atoms with Gasteiger partial charge in [-0.25, -0.2) is 4.68 Å². The molecule has 0 spiro atoms. The zero-order chi connectivity index (χ0) is 15.5. The Morgan fingerprint density at radius 2 is 1.77 bits per heavy atom. The summed E-state index contributed by atoms with van der Waals surface area (Å²) in [6.07, 6.45) is 1.72. The first-order chi connectivity index (χ1) is 10.6. The molecule has 0 aliphatic carbocycles. The summed E-state index contributed by atoms with van der Waals surface area (Å²) in [5.41, 5.74) is 3.19. The van der Waals surface area contributed by atoms with E-state index in [1.807, 2.05) is 54.6 Å². The van der Waals surface area contributed by atoms with Crippen LogP contribution in [0.1, 0.15) is 5.56 Å². The second kappa shape index (κ2) is 6.15. The van der Waals surface area contributed by atoms with E-state index in [0.717, 1.165) is 15.7 Å². The van der Waals surface area contributed by atoms with Gasteiger partial charge in [0.15, 0.2) is 0 Å². The van der Waals surface area contributed by atoms with Crippen LogP contribution in [0.15, 0.2) is 65.3 Å². The molecule has 0 amide bonds. The Balaban J connectivity index is 2.08. The molecular weight excluding hydrogens is 344 g/mol. The van der Waals surface area contributed by atoms with Gasteiger partial charge in [-0.15, -0.1) is 0 Å². The van der Waals surface area contributed by atoms with Crippen molar-refractivity contribution in [3.63, 3.8) is 0 Å². The molecule has 0 atom stereocenters. The fourth-order valence-corrected chi connectivity index (χ4v) is 2.53. The van der Waals surface area contributed by atoms with E-state index in [1.54, 1.807) is 10.9 Å². The highest BCUT2D eigenvalue weighted by Crippen LogP contribution is 2.24. The number of rotatable bonds is 4. The summed E-state index contributed by atoms with van der Waals surface area (Å²) in [5.74, 6) is -0.868. The average Bonchev–Trinajstić information content (AvgIpc) is 2.92. The van der Waals surface area contributed by atoms with E-state index in [-0.39, 0.29) is 6.42 Å². The van der Waals surface area contributed by atoms with Gasteiger partial charge in [0.05, 0.1) is 17.8 Å². The summed E-state index contributed by atoms with van der Waals surface area (Å²) in [4.78, 5) is 11.1. The summed E-state index contributed by atoms with van der Waals surface area (Å²) < 4.78 is 2.70. The number of carboxylic acids is 1.